The number of carbonyl (C=O) groups is 2. The van der Waals surface area contributed by atoms with Gasteiger partial charge in [-0.05, 0) is 94.1 Å². The van der Waals surface area contributed by atoms with Gasteiger partial charge in [0, 0.05) is 54.5 Å². The smallest absolute Gasteiger partial charge is 0.202 e. The van der Waals surface area contributed by atoms with Gasteiger partial charge in [0.05, 0.1) is 59.4 Å². The van der Waals surface area contributed by atoms with Gasteiger partial charge in [-0.3, -0.25) is 9.59 Å². The minimum Gasteiger partial charge on any atom is -0.507 e. The van der Waals surface area contributed by atoms with E-state index in [4.69, 9.17) is 37.9 Å². The summed E-state index contributed by atoms with van der Waals surface area (Å²) in [7, 11) is 7.67. The van der Waals surface area contributed by atoms with Crippen LogP contribution in [0.5, 0.6) is 17.2 Å². The number of hydrogen-bond donors (Lipinski definition) is 5. The van der Waals surface area contributed by atoms with Gasteiger partial charge in [0.15, 0.2) is 30.9 Å². The fourth-order valence-corrected chi connectivity index (χ4v) is 10.9. The largest absolute Gasteiger partial charge is 0.507 e. The van der Waals surface area contributed by atoms with Gasteiger partial charge in [-0.1, -0.05) is 19.1 Å². The predicted molar refractivity (Wildman–Crippen MR) is 233 cm³/mol. The van der Waals surface area contributed by atoms with Gasteiger partial charge in [0.25, 0.3) is 0 Å². The summed E-state index contributed by atoms with van der Waals surface area (Å²) in [6.45, 7) is 9.42. The van der Waals surface area contributed by atoms with Crippen LogP contribution in [0.15, 0.2) is 18.2 Å². The number of rotatable bonds is 11. The third-order valence-corrected chi connectivity index (χ3v) is 14.8. The first kappa shape index (κ1) is 48.2. The Morgan fingerprint density at radius 1 is 0.692 bits per heavy atom. The van der Waals surface area contributed by atoms with Crippen LogP contribution in [0, 0.1) is 0 Å². The topological polar surface area (TPSA) is 216 Å². The molecule has 16 atom stereocenters. The molecule has 0 saturated carbocycles. The van der Waals surface area contributed by atoms with E-state index in [1.165, 1.54) is 18.2 Å². The first-order valence-electron chi connectivity index (χ1n) is 23.3. The van der Waals surface area contributed by atoms with Gasteiger partial charge in [0.2, 0.25) is 5.78 Å². The molecule has 6 aliphatic rings. The highest BCUT2D eigenvalue weighted by atomic mass is 16.7. The van der Waals surface area contributed by atoms with Gasteiger partial charge in [-0.25, -0.2) is 0 Å². The van der Waals surface area contributed by atoms with E-state index in [-0.39, 0.29) is 76.6 Å². The molecule has 65 heavy (non-hydrogen) atoms. The van der Waals surface area contributed by atoms with Gasteiger partial charge < -0.3 is 73.2 Å². The number of phenolic OH excluding ortho intramolecular Hbond substituents is 3. The minimum atomic E-state index is -1.23. The summed E-state index contributed by atoms with van der Waals surface area (Å²) in [6.07, 6.45) is -3.68. The second kappa shape index (κ2) is 19.0. The Kier molecular flexibility index (Phi) is 14.1. The van der Waals surface area contributed by atoms with Crippen LogP contribution < -0.4 is 0 Å². The second-order valence-corrected chi connectivity index (χ2v) is 19.4. The monoisotopic (exact) mass is 912 g/mol. The first-order chi connectivity index (χ1) is 30.8. The van der Waals surface area contributed by atoms with Gasteiger partial charge in [0.1, 0.15) is 35.1 Å². The molecule has 8 rings (SSSR count). The molecule has 0 bridgehead atoms. The third kappa shape index (κ3) is 8.97. The quantitative estimate of drug-likeness (QED) is 0.168. The Balaban J connectivity index is 1.09. The number of likely N-dealkylation sites (N-methyl/N-ethyl adjacent to an activating group) is 2. The fraction of sp³-hybridized carbons (Fsp3) is 0.708. The fourth-order valence-electron chi connectivity index (χ4n) is 10.9. The summed E-state index contributed by atoms with van der Waals surface area (Å²) in [5.74, 6) is -2.91. The van der Waals surface area contributed by atoms with Crippen molar-refractivity contribution in [2.24, 2.45) is 0 Å². The highest BCUT2D eigenvalue weighted by Gasteiger charge is 2.54. The van der Waals surface area contributed by atoms with E-state index in [2.05, 4.69) is 0 Å². The van der Waals surface area contributed by atoms with Crippen molar-refractivity contribution >= 4 is 11.6 Å². The lowest BCUT2D eigenvalue weighted by Crippen LogP contribution is -2.58. The van der Waals surface area contributed by atoms with Crippen LogP contribution in [0.4, 0.5) is 0 Å². The number of ketones is 2. The number of benzene rings is 2. The molecule has 2 aromatic carbocycles. The van der Waals surface area contributed by atoms with Crippen LogP contribution in [0.25, 0.3) is 0 Å². The highest BCUT2D eigenvalue weighted by Crippen LogP contribution is 2.56. The SMILES string of the molecule is CC[C@@]1(O[C@H]2C[C@H](N(C)C)[C@@H](O)[C@@H](C)O2)CCc2c(O)c3c(c(O)c2[C@H]1O[C@H]1C[C@H](N(C)C)[C@H](O[C@H]2CC[C@H](O[C@H]4CC[C@H](O)[C@H](C)O4)[C@H](C)O2)[C@H](C)O1)C(=O)c1cccc(O)c1C3=O. The number of nitrogens with zero attached hydrogens (tertiary/aromatic N) is 2. The van der Waals surface area contributed by atoms with E-state index in [0.717, 1.165) is 0 Å². The first-order valence-corrected chi connectivity index (χ1v) is 23.3. The van der Waals surface area contributed by atoms with Gasteiger partial charge >= 0.3 is 0 Å². The molecule has 0 unspecified atom stereocenters. The maximum Gasteiger partial charge on any atom is 0.202 e. The van der Waals surface area contributed by atoms with E-state index in [0.29, 0.717) is 44.9 Å². The Labute approximate surface area is 380 Å². The average molecular weight is 913 g/mol. The summed E-state index contributed by atoms with van der Waals surface area (Å²) in [4.78, 5) is 32.3. The molecule has 0 aromatic heterocycles. The van der Waals surface area contributed by atoms with Crippen LogP contribution in [0.3, 0.4) is 0 Å². The number of fused-ring (bicyclic) bond motifs is 3. The number of aliphatic hydroxyl groups is 2. The number of carbonyl (C=O) groups excluding carboxylic acids is 2. The molecular formula is C48H68N2O15. The van der Waals surface area contributed by atoms with Crippen LogP contribution in [-0.2, 0) is 44.3 Å². The number of ether oxygens (including phenoxy) is 8. The molecule has 0 spiro atoms. The molecule has 360 valence electrons. The van der Waals surface area contributed by atoms with Crippen LogP contribution in [-0.4, -0.2) is 167 Å². The number of aliphatic hydroxyl groups excluding tert-OH is 2. The summed E-state index contributed by atoms with van der Waals surface area (Å²) in [5, 5.41) is 56.3. The number of aromatic hydroxyl groups is 3. The van der Waals surface area contributed by atoms with Gasteiger partial charge in [-0.2, -0.15) is 0 Å². The molecule has 2 aliphatic carbocycles. The van der Waals surface area contributed by atoms with Crippen LogP contribution in [0.2, 0.25) is 0 Å². The Morgan fingerprint density at radius 2 is 1.32 bits per heavy atom. The maximum absolute atomic E-state index is 14.3. The third-order valence-electron chi connectivity index (χ3n) is 14.8. The van der Waals surface area contributed by atoms with E-state index in [1.807, 2.05) is 65.7 Å². The maximum atomic E-state index is 14.3. The zero-order valence-electron chi connectivity index (χ0n) is 39.0. The molecular weight excluding hydrogens is 845 g/mol. The van der Waals surface area contributed by atoms with E-state index < -0.39 is 96.2 Å². The lowest BCUT2D eigenvalue weighted by atomic mass is 9.71. The van der Waals surface area contributed by atoms with E-state index in [9.17, 15) is 35.1 Å². The molecule has 4 fully saturated rings. The average Bonchev–Trinajstić information content (AvgIpc) is 3.25. The summed E-state index contributed by atoms with van der Waals surface area (Å²) in [5.41, 5.74) is -1.99. The number of hydrogen-bond acceptors (Lipinski definition) is 17. The highest BCUT2D eigenvalue weighted by molar-refractivity contribution is 6.31. The molecule has 4 aliphatic heterocycles. The standard InChI is InChI=1S/C48H68N2O15/c1-10-48(65-36-20-28(49(6)7)41(53)24(4)60-36)19-18-27-38(45(57)40-39(43(27)55)44(56)37-26(42(40)54)12-11-13-31(37)52)47(48)64-35-21-29(50(8)9)46(25(5)61-35)63-34-17-15-32(23(3)59-34)62-33-16-14-30(51)22(2)58-33/h11-13,22-25,28-30,32-36,41,46-47,51-53,55,57H,10,14-21H2,1-9H3/t22-,23-,24+,25-,28-,29-,30-,32-,33-,34-,35-,36-,41-,46+,47+,48+/m0/s1. The normalized spacial score (nSPS) is 38.7. The number of phenols is 3. The van der Waals surface area contributed by atoms with Crippen molar-refractivity contribution in [3.63, 3.8) is 0 Å². The zero-order valence-corrected chi connectivity index (χ0v) is 39.0. The Hall–Kier alpha value is -3.30. The summed E-state index contributed by atoms with van der Waals surface area (Å²) >= 11 is 0. The van der Waals surface area contributed by atoms with E-state index >= 15 is 0 Å². The predicted octanol–water partition coefficient (Wildman–Crippen LogP) is 4.42. The minimum absolute atomic E-state index is 0.0985. The van der Waals surface area contributed by atoms with Gasteiger partial charge in [-0.15, -0.1) is 0 Å². The Bertz CT molecular complexity index is 2080. The molecule has 17 nitrogen and oxygen atoms in total. The molecule has 0 radical (unpaired) electrons. The lowest BCUT2D eigenvalue weighted by molar-refractivity contribution is -0.335. The van der Waals surface area contributed by atoms with Crippen molar-refractivity contribution in [2.45, 2.75) is 190 Å². The summed E-state index contributed by atoms with van der Waals surface area (Å²) in [6, 6.07) is 3.60. The van der Waals surface area contributed by atoms with E-state index in [1.54, 1.807) is 6.92 Å². The molecule has 5 N–H and O–H groups in total. The summed E-state index contributed by atoms with van der Waals surface area (Å²) < 4.78 is 52.4. The van der Waals surface area contributed by atoms with Crippen molar-refractivity contribution in [3.05, 3.63) is 51.6 Å². The molecule has 4 heterocycles. The van der Waals surface area contributed by atoms with Crippen molar-refractivity contribution < 1.29 is 73.0 Å². The molecule has 2 aromatic rings. The second-order valence-electron chi connectivity index (χ2n) is 19.4. The van der Waals surface area contributed by atoms with Crippen LogP contribution >= 0.6 is 0 Å². The van der Waals surface area contributed by atoms with Crippen molar-refractivity contribution in [3.8, 4) is 17.2 Å². The van der Waals surface area contributed by atoms with Crippen molar-refractivity contribution in [1.82, 2.24) is 9.80 Å². The molecule has 0 amide bonds. The van der Waals surface area contributed by atoms with Crippen molar-refractivity contribution in [2.75, 3.05) is 28.2 Å². The zero-order chi connectivity index (χ0) is 46.8. The lowest BCUT2D eigenvalue weighted by Gasteiger charge is -2.51. The van der Waals surface area contributed by atoms with Crippen LogP contribution in [0.1, 0.15) is 135 Å². The van der Waals surface area contributed by atoms with Crippen molar-refractivity contribution in [1.29, 1.82) is 0 Å². The molecule has 17 heteroatoms. The Morgan fingerprint density at radius 3 is 2.00 bits per heavy atom. The molecule has 4 saturated heterocycles.